The van der Waals surface area contributed by atoms with E-state index < -0.39 is 11.4 Å². The first-order chi connectivity index (χ1) is 10.6. The molecule has 0 heterocycles. The lowest BCUT2D eigenvalue weighted by atomic mass is 9.40. The standard InChI is InChI=1S/C20H30O3/c1-12-11-15-18(3)8-6-9-20(5,17(22)23)14(18)7-10-19(15,4)16(21)13(12)2/h12,14-15H,2,6-11H2,1,3-5H3,(H,22,23)/t12-,14-,15?,18+,19-,20+/m0/s1. The summed E-state index contributed by atoms with van der Waals surface area (Å²) in [5, 5.41) is 9.88. The largest absolute Gasteiger partial charge is 0.481 e. The first-order valence-electron chi connectivity index (χ1n) is 9.04. The number of rotatable bonds is 1. The fourth-order valence-electron chi connectivity index (χ4n) is 6.47. The number of carbonyl (C=O) groups is 2. The number of hydrogen-bond acceptors (Lipinski definition) is 2. The highest BCUT2D eigenvalue weighted by atomic mass is 16.4. The molecule has 23 heavy (non-hydrogen) atoms. The normalized spacial score (nSPS) is 50.2. The third-order valence-electron chi connectivity index (χ3n) is 7.98. The van der Waals surface area contributed by atoms with Crippen molar-refractivity contribution < 1.29 is 14.7 Å². The van der Waals surface area contributed by atoms with Crippen LogP contribution in [0.15, 0.2) is 12.2 Å². The minimum atomic E-state index is -0.656. The van der Waals surface area contributed by atoms with Crippen molar-refractivity contribution in [3.63, 3.8) is 0 Å². The molecule has 0 bridgehead atoms. The molecule has 0 saturated heterocycles. The van der Waals surface area contributed by atoms with Gasteiger partial charge in [-0.05, 0) is 67.8 Å². The summed E-state index contributed by atoms with van der Waals surface area (Å²) >= 11 is 0. The van der Waals surface area contributed by atoms with Gasteiger partial charge in [-0.1, -0.05) is 33.8 Å². The van der Waals surface area contributed by atoms with Gasteiger partial charge >= 0.3 is 5.97 Å². The third kappa shape index (κ3) is 2.01. The van der Waals surface area contributed by atoms with Crippen molar-refractivity contribution in [3.05, 3.63) is 12.2 Å². The second-order valence-electron chi connectivity index (χ2n) is 9.13. The van der Waals surface area contributed by atoms with Crippen molar-refractivity contribution in [1.29, 1.82) is 0 Å². The second kappa shape index (κ2) is 4.94. The minimum absolute atomic E-state index is 0.0526. The van der Waals surface area contributed by atoms with Crippen molar-refractivity contribution in [2.75, 3.05) is 0 Å². The van der Waals surface area contributed by atoms with E-state index in [9.17, 15) is 14.7 Å². The second-order valence-corrected chi connectivity index (χ2v) is 9.13. The number of carbonyl (C=O) groups excluding carboxylic acids is 1. The Morgan fingerprint density at radius 3 is 2.43 bits per heavy atom. The van der Waals surface area contributed by atoms with Gasteiger partial charge in [0, 0.05) is 5.41 Å². The van der Waals surface area contributed by atoms with E-state index in [1.165, 1.54) is 0 Å². The predicted molar refractivity (Wildman–Crippen MR) is 89.9 cm³/mol. The Kier molecular flexibility index (Phi) is 3.59. The van der Waals surface area contributed by atoms with Crippen LogP contribution in [0, 0.1) is 34.0 Å². The number of aliphatic carboxylic acids is 1. The van der Waals surface area contributed by atoms with Crippen LogP contribution in [0.25, 0.3) is 0 Å². The number of carboxylic acids is 1. The van der Waals surface area contributed by atoms with Crippen LogP contribution < -0.4 is 0 Å². The summed E-state index contributed by atoms with van der Waals surface area (Å²) in [6.45, 7) is 12.5. The van der Waals surface area contributed by atoms with Gasteiger partial charge in [0.1, 0.15) is 0 Å². The highest BCUT2D eigenvalue weighted by molar-refractivity contribution is 6.00. The molecule has 0 radical (unpaired) electrons. The number of hydrogen-bond donors (Lipinski definition) is 1. The lowest BCUT2D eigenvalue weighted by molar-refractivity contribution is -0.182. The summed E-state index contributed by atoms with van der Waals surface area (Å²) in [5.74, 6) is 0.251. The summed E-state index contributed by atoms with van der Waals surface area (Å²) in [7, 11) is 0. The molecule has 0 aromatic carbocycles. The van der Waals surface area contributed by atoms with E-state index in [0.29, 0.717) is 0 Å². The molecule has 0 aliphatic heterocycles. The number of carboxylic acid groups (broad SMARTS) is 1. The third-order valence-corrected chi connectivity index (χ3v) is 7.98. The molecule has 3 fully saturated rings. The SMILES string of the molecule is C=C1C(=O)[C@@]2(C)CC[C@@H]3[C@](C)(C(=O)O)CCC[C@@]3(C)C2C[C@@H]1C. The van der Waals surface area contributed by atoms with Crippen LogP contribution in [0.4, 0.5) is 0 Å². The van der Waals surface area contributed by atoms with E-state index in [1.54, 1.807) is 0 Å². The van der Waals surface area contributed by atoms with E-state index >= 15 is 0 Å². The zero-order valence-corrected chi connectivity index (χ0v) is 14.9. The van der Waals surface area contributed by atoms with Crippen LogP contribution in [0.2, 0.25) is 0 Å². The lowest BCUT2D eigenvalue weighted by Gasteiger charge is -2.63. The van der Waals surface area contributed by atoms with Gasteiger partial charge in [-0.3, -0.25) is 9.59 Å². The molecule has 3 aliphatic rings. The lowest BCUT2D eigenvalue weighted by Crippen LogP contribution is -2.61. The quantitative estimate of drug-likeness (QED) is 0.726. The highest BCUT2D eigenvalue weighted by Crippen LogP contribution is 2.67. The zero-order valence-electron chi connectivity index (χ0n) is 14.9. The molecule has 6 atom stereocenters. The highest BCUT2D eigenvalue weighted by Gasteiger charge is 2.64. The van der Waals surface area contributed by atoms with E-state index in [-0.39, 0.29) is 34.4 Å². The first-order valence-corrected chi connectivity index (χ1v) is 9.04. The van der Waals surface area contributed by atoms with Gasteiger partial charge in [-0.2, -0.15) is 0 Å². The van der Waals surface area contributed by atoms with Crippen LogP contribution in [0.5, 0.6) is 0 Å². The van der Waals surface area contributed by atoms with Gasteiger partial charge in [0.15, 0.2) is 5.78 Å². The molecule has 0 aromatic heterocycles. The van der Waals surface area contributed by atoms with Gasteiger partial charge in [0.25, 0.3) is 0 Å². The zero-order chi connectivity index (χ0) is 17.2. The number of allylic oxidation sites excluding steroid dienone is 1. The Morgan fingerprint density at radius 2 is 1.83 bits per heavy atom. The van der Waals surface area contributed by atoms with Crippen LogP contribution in [0.3, 0.4) is 0 Å². The molecule has 0 aromatic rings. The summed E-state index contributed by atoms with van der Waals surface area (Å²) in [5.41, 5.74) is -0.258. The van der Waals surface area contributed by atoms with Crippen molar-refractivity contribution in [2.24, 2.45) is 34.0 Å². The molecule has 128 valence electrons. The van der Waals surface area contributed by atoms with Gasteiger partial charge in [-0.25, -0.2) is 0 Å². The Balaban J connectivity index is 2.07. The summed E-state index contributed by atoms with van der Waals surface area (Å²) in [6.07, 6.45) is 5.40. The van der Waals surface area contributed by atoms with Crippen molar-refractivity contribution in [3.8, 4) is 0 Å². The Labute approximate surface area is 139 Å². The molecule has 0 spiro atoms. The number of ketones is 1. The van der Waals surface area contributed by atoms with E-state index in [2.05, 4.69) is 27.4 Å². The maximum atomic E-state index is 13.0. The maximum absolute atomic E-state index is 13.0. The van der Waals surface area contributed by atoms with Crippen molar-refractivity contribution in [1.82, 2.24) is 0 Å². The molecule has 3 aliphatic carbocycles. The monoisotopic (exact) mass is 318 g/mol. The van der Waals surface area contributed by atoms with Crippen LogP contribution in [0.1, 0.15) is 66.2 Å². The average molecular weight is 318 g/mol. The smallest absolute Gasteiger partial charge is 0.309 e. The fraction of sp³-hybridized carbons (Fsp3) is 0.800. The Morgan fingerprint density at radius 1 is 1.17 bits per heavy atom. The summed E-state index contributed by atoms with van der Waals surface area (Å²) in [6, 6.07) is 0. The van der Waals surface area contributed by atoms with Gasteiger partial charge in [0.05, 0.1) is 5.41 Å². The molecule has 3 rings (SSSR count). The molecular formula is C20H30O3. The molecule has 3 nitrogen and oxygen atoms in total. The molecule has 3 saturated carbocycles. The van der Waals surface area contributed by atoms with Crippen LogP contribution in [-0.2, 0) is 9.59 Å². The molecule has 1 N–H and O–H groups in total. The summed E-state index contributed by atoms with van der Waals surface area (Å²) < 4.78 is 0. The first kappa shape index (κ1) is 16.7. The topological polar surface area (TPSA) is 54.4 Å². The Hall–Kier alpha value is -1.12. The molecule has 3 heteroatoms. The van der Waals surface area contributed by atoms with E-state index in [1.807, 2.05) is 6.92 Å². The van der Waals surface area contributed by atoms with E-state index in [0.717, 1.165) is 44.1 Å². The minimum Gasteiger partial charge on any atom is -0.481 e. The number of Topliss-reactive ketones (excluding diaryl/α,β-unsaturated/α-hetero) is 1. The molecule has 1 unspecified atom stereocenters. The van der Waals surface area contributed by atoms with E-state index in [4.69, 9.17) is 0 Å². The molecule has 0 amide bonds. The van der Waals surface area contributed by atoms with Gasteiger partial charge < -0.3 is 5.11 Å². The predicted octanol–water partition coefficient (Wildman–Crippen LogP) is 4.47. The van der Waals surface area contributed by atoms with Crippen molar-refractivity contribution in [2.45, 2.75) is 66.2 Å². The number of fused-ring (bicyclic) bond motifs is 3. The Bertz CT molecular complexity index is 579. The fourth-order valence-corrected chi connectivity index (χ4v) is 6.47. The van der Waals surface area contributed by atoms with Crippen LogP contribution in [-0.4, -0.2) is 16.9 Å². The summed E-state index contributed by atoms with van der Waals surface area (Å²) in [4.78, 5) is 25.0. The average Bonchev–Trinajstić information content (AvgIpc) is 2.47. The van der Waals surface area contributed by atoms with Gasteiger partial charge in [-0.15, -0.1) is 0 Å². The van der Waals surface area contributed by atoms with Crippen molar-refractivity contribution >= 4 is 11.8 Å². The van der Waals surface area contributed by atoms with Gasteiger partial charge in [0.2, 0.25) is 0 Å². The maximum Gasteiger partial charge on any atom is 0.309 e. The molecular weight excluding hydrogens is 288 g/mol. The van der Waals surface area contributed by atoms with Crippen LogP contribution >= 0.6 is 0 Å².